The highest BCUT2D eigenvalue weighted by atomic mass is 16.2. The van der Waals surface area contributed by atoms with Gasteiger partial charge < -0.3 is 16.0 Å². The minimum absolute atomic E-state index is 0.00800. The number of primary amides is 1. The second-order valence-electron chi connectivity index (χ2n) is 11.5. The van der Waals surface area contributed by atoms with Gasteiger partial charge in [0.25, 0.3) is 5.91 Å². The van der Waals surface area contributed by atoms with Gasteiger partial charge in [0.05, 0.1) is 11.9 Å². The second-order valence-corrected chi connectivity index (χ2v) is 11.5. The summed E-state index contributed by atoms with van der Waals surface area (Å²) in [7, 11) is 1.96. The van der Waals surface area contributed by atoms with Crippen LogP contribution in [0.1, 0.15) is 69.3 Å². The molecule has 3 saturated carbocycles. The molecule has 1 aliphatic heterocycles. The van der Waals surface area contributed by atoms with Crippen LogP contribution in [0.5, 0.6) is 0 Å². The van der Waals surface area contributed by atoms with Crippen LogP contribution >= 0.6 is 0 Å². The fraction of sp³-hybridized carbons (Fsp3) is 0.630. The van der Waals surface area contributed by atoms with Crippen molar-refractivity contribution in [2.24, 2.45) is 40.2 Å². The van der Waals surface area contributed by atoms with Gasteiger partial charge in [-0.1, -0.05) is 19.9 Å². The Kier molecular flexibility index (Phi) is 5.57. The zero-order valence-electron chi connectivity index (χ0n) is 20.4. The van der Waals surface area contributed by atoms with Crippen molar-refractivity contribution in [3.63, 3.8) is 0 Å². The number of amides is 3. The van der Waals surface area contributed by atoms with Crippen molar-refractivity contribution < 1.29 is 14.4 Å². The fourth-order valence-corrected chi connectivity index (χ4v) is 8.23. The molecule has 0 aromatic carbocycles. The van der Waals surface area contributed by atoms with E-state index in [0.717, 1.165) is 25.7 Å². The van der Waals surface area contributed by atoms with E-state index in [2.05, 4.69) is 30.2 Å². The quantitative estimate of drug-likeness (QED) is 0.708. The van der Waals surface area contributed by atoms with Gasteiger partial charge in [-0.2, -0.15) is 0 Å². The van der Waals surface area contributed by atoms with E-state index in [4.69, 9.17) is 5.73 Å². The number of carbonyl (C=O) groups is 3. The van der Waals surface area contributed by atoms with Gasteiger partial charge >= 0.3 is 0 Å². The molecule has 3 aliphatic carbocycles. The normalized spacial score (nSPS) is 38.6. The van der Waals surface area contributed by atoms with E-state index in [1.165, 1.54) is 25.1 Å². The largest absolute Gasteiger partial charge is 0.364 e. The Morgan fingerprint density at radius 2 is 1.94 bits per heavy atom. The summed E-state index contributed by atoms with van der Waals surface area (Å²) < 4.78 is 0. The summed E-state index contributed by atoms with van der Waals surface area (Å²) in [5.41, 5.74) is 6.25. The maximum atomic E-state index is 12.9. The molecule has 3 amide bonds. The molecular weight excluding hydrogens is 428 g/mol. The number of aromatic nitrogens is 1. The first-order valence-electron chi connectivity index (χ1n) is 12.6. The van der Waals surface area contributed by atoms with Crippen LogP contribution in [0.4, 0.5) is 5.69 Å². The van der Waals surface area contributed by atoms with E-state index in [-0.39, 0.29) is 28.3 Å². The number of pyridine rings is 1. The number of nitrogens with one attached hydrogen (secondary N) is 1. The van der Waals surface area contributed by atoms with Crippen molar-refractivity contribution in [3.05, 3.63) is 36.2 Å². The van der Waals surface area contributed by atoms with Crippen molar-refractivity contribution in [1.29, 1.82) is 0 Å². The molecule has 182 valence electrons. The van der Waals surface area contributed by atoms with Crippen molar-refractivity contribution in [1.82, 2.24) is 9.88 Å². The lowest BCUT2D eigenvalue weighted by atomic mass is 9.47. The summed E-state index contributed by atoms with van der Waals surface area (Å²) in [6.45, 7) is 4.79. The smallest absolute Gasteiger partial charge is 0.267 e. The van der Waals surface area contributed by atoms with Crippen LogP contribution in [-0.4, -0.2) is 40.7 Å². The van der Waals surface area contributed by atoms with Crippen LogP contribution in [0.25, 0.3) is 0 Å². The lowest BCUT2D eigenvalue weighted by Crippen LogP contribution is -2.59. The molecule has 7 nitrogen and oxygen atoms in total. The highest BCUT2D eigenvalue weighted by Crippen LogP contribution is 2.65. The summed E-state index contributed by atoms with van der Waals surface area (Å²) in [6, 6.07) is 3.51. The molecule has 7 heteroatoms. The summed E-state index contributed by atoms with van der Waals surface area (Å²) >= 11 is 0. The fourth-order valence-electron chi connectivity index (χ4n) is 8.23. The van der Waals surface area contributed by atoms with Crippen LogP contribution < -0.4 is 11.1 Å². The Bertz CT molecular complexity index is 1040. The molecule has 4 aliphatic rings. The number of fused-ring (bicyclic) bond motifs is 5. The van der Waals surface area contributed by atoms with E-state index in [1.807, 2.05) is 11.9 Å². The van der Waals surface area contributed by atoms with Crippen molar-refractivity contribution in [3.8, 4) is 0 Å². The van der Waals surface area contributed by atoms with E-state index in [1.54, 1.807) is 12.1 Å². The summed E-state index contributed by atoms with van der Waals surface area (Å²) in [4.78, 5) is 42.4. The molecule has 1 aromatic rings. The van der Waals surface area contributed by atoms with E-state index in [9.17, 15) is 14.4 Å². The third-order valence-electron chi connectivity index (χ3n) is 10.1. The zero-order valence-corrected chi connectivity index (χ0v) is 20.4. The lowest BCUT2D eigenvalue weighted by molar-refractivity contribution is -0.139. The number of nitrogens with zero attached hydrogens (tertiary/aromatic N) is 2. The first-order valence-corrected chi connectivity index (χ1v) is 12.6. The molecule has 0 radical (unpaired) electrons. The topological polar surface area (TPSA) is 105 Å². The number of hydrogen-bond acceptors (Lipinski definition) is 4. The van der Waals surface area contributed by atoms with Gasteiger partial charge in [-0.05, 0) is 85.8 Å². The Balaban J connectivity index is 1.28. The average molecular weight is 465 g/mol. The van der Waals surface area contributed by atoms with Crippen LogP contribution in [0.15, 0.2) is 30.5 Å². The molecule has 2 heterocycles. The second kappa shape index (κ2) is 8.21. The van der Waals surface area contributed by atoms with Gasteiger partial charge in [-0.25, -0.2) is 4.98 Å². The van der Waals surface area contributed by atoms with E-state index in [0.29, 0.717) is 41.8 Å². The number of carbonyl (C=O) groups excluding carboxylic acids is 3. The Morgan fingerprint density at radius 3 is 2.65 bits per heavy atom. The average Bonchev–Trinajstić information content (AvgIpc) is 3.13. The molecule has 34 heavy (non-hydrogen) atoms. The molecule has 3 fully saturated rings. The minimum atomic E-state index is -0.580. The maximum absolute atomic E-state index is 12.9. The van der Waals surface area contributed by atoms with Crippen LogP contribution in [0.3, 0.4) is 0 Å². The van der Waals surface area contributed by atoms with Crippen molar-refractivity contribution in [2.45, 2.75) is 64.8 Å². The van der Waals surface area contributed by atoms with E-state index >= 15 is 0 Å². The first-order chi connectivity index (χ1) is 16.1. The van der Waals surface area contributed by atoms with Crippen LogP contribution in [0.2, 0.25) is 0 Å². The molecule has 0 spiro atoms. The third-order valence-corrected chi connectivity index (χ3v) is 10.1. The van der Waals surface area contributed by atoms with Crippen molar-refractivity contribution >= 4 is 23.4 Å². The van der Waals surface area contributed by atoms with Gasteiger partial charge in [-0.3, -0.25) is 14.4 Å². The third kappa shape index (κ3) is 3.55. The molecule has 0 saturated heterocycles. The predicted molar refractivity (Wildman–Crippen MR) is 130 cm³/mol. The van der Waals surface area contributed by atoms with Gasteiger partial charge in [-0.15, -0.1) is 0 Å². The number of rotatable bonds is 4. The minimum Gasteiger partial charge on any atom is -0.364 e. The molecule has 0 bridgehead atoms. The molecule has 3 N–H and O–H groups in total. The highest BCUT2D eigenvalue weighted by Gasteiger charge is 2.60. The number of nitrogens with two attached hydrogens (primary N) is 1. The summed E-state index contributed by atoms with van der Waals surface area (Å²) in [6.07, 6.45) is 12.8. The standard InChI is InChI=1S/C27H36N4O3/c1-26-12-10-20-18(6-9-22-27(20,2)13-11-24(33)31(22)3)19(26)7-4-16(26)14-23(32)30-17-5-8-21(25(28)34)29-15-17/h5,8,11,13,15-16,18-20,22H,4,6-7,9-10,12,14H2,1-3H3,(H2,28,34)(H,30,32)/t16-,18?,19?,20?,22?,26-,27-/m1/s1. The Labute approximate surface area is 201 Å². The summed E-state index contributed by atoms with van der Waals surface area (Å²) in [5, 5.41) is 2.96. The predicted octanol–water partition coefficient (Wildman–Crippen LogP) is 3.76. The van der Waals surface area contributed by atoms with Gasteiger partial charge in [0.1, 0.15) is 5.69 Å². The summed E-state index contributed by atoms with van der Waals surface area (Å²) in [5.74, 6) is 1.82. The lowest BCUT2D eigenvalue weighted by Gasteiger charge is -2.60. The van der Waals surface area contributed by atoms with Gasteiger partial charge in [0.15, 0.2) is 0 Å². The molecule has 5 rings (SSSR count). The number of hydrogen-bond donors (Lipinski definition) is 2. The Morgan fingerprint density at radius 1 is 1.15 bits per heavy atom. The SMILES string of the molecule is CN1C(=O)C=C[C@]2(C)C3CC[C@@]4(C)C(CC[C@@H]4CC(=O)Nc4ccc(C(N)=O)nc4)C3CCC12. The zero-order chi connectivity index (χ0) is 24.3. The molecular formula is C27H36N4O3. The maximum Gasteiger partial charge on any atom is 0.267 e. The number of likely N-dealkylation sites (N-methyl/N-ethyl adjacent to an activating group) is 1. The van der Waals surface area contributed by atoms with Crippen LogP contribution in [-0.2, 0) is 9.59 Å². The van der Waals surface area contributed by atoms with E-state index < -0.39 is 5.91 Å². The van der Waals surface area contributed by atoms with Crippen LogP contribution in [0, 0.1) is 34.5 Å². The monoisotopic (exact) mass is 464 g/mol. The molecule has 7 atom stereocenters. The number of anilines is 1. The van der Waals surface area contributed by atoms with Gasteiger partial charge in [0.2, 0.25) is 11.8 Å². The highest BCUT2D eigenvalue weighted by molar-refractivity contribution is 5.93. The molecule has 1 aromatic heterocycles. The first kappa shape index (κ1) is 23.1. The van der Waals surface area contributed by atoms with Gasteiger partial charge in [0, 0.05) is 24.9 Å². The molecule has 4 unspecified atom stereocenters. The Hall–Kier alpha value is -2.70. The van der Waals surface area contributed by atoms with Crippen molar-refractivity contribution in [2.75, 3.05) is 12.4 Å².